The number of nitro benzene ring substituents is 2. The number of para-hydroxylation sites is 2. The number of nitro groups is 2. The Morgan fingerprint density at radius 2 is 0.824 bits per heavy atom. The number of hydrogen-bond donors (Lipinski definition) is 2. The number of esters is 8. The van der Waals surface area contributed by atoms with E-state index in [4.69, 9.17) is 94.7 Å². The minimum Gasteiger partial charge on any atom is -0.493 e. The van der Waals surface area contributed by atoms with E-state index in [1.165, 1.54) is 86.3 Å². The van der Waals surface area contributed by atoms with Crippen LogP contribution in [0.2, 0.25) is 0 Å². The summed E-state index contributed by atoms with van der Waals surface area (Å²) < 4.78 is 116. The minimum absolute atomic E-state index is 0.0102. The molecule has 0 bridgehead atoms. The Kier molecular flexibility index (Phi) is 37.4. The summed E-state index contributed by atoms with van der Waals surface area (Å²) in [6.07, 6.45) is -17.6. The summed E-state index contributed by atoms with van der Waals surface area (Å²) in [6.45, 7) is 13.5. The average Bonchev–Trinajstić information content (AvgIpc) is 1.35. The lowest BCUT2D eigenvalue weighted by Crippen LogP contribution is -2.63. The van der Waals surface area contributed by atoms with Crippen molar-refractivity contribution in [2.75, 3.05) is 89.1 Å². The van der Waals surface area contributed by atoms with Crippen molar-refractivity contribution in [1.82, 2.24) is 9.80 Å². The number of rotatable bonds is 42. The molecule has 4 heterocycles. The molecular formula is C81H102N6O36S2. The number of nitrogens with one attached hydrogen (secondary N) is 2. The highest BCUT2D eigenvalue weighted by Gasteiger charge is 2.56. The number of thioether (sulfide) groups is 2. The van der Waals surface area contributed by atoms with Crippen LogP contribution < -0.4 is 39.1 Å². The molecule has 684 valence electrons. The predicted molar refractivity (Wildman–Crippen MR) is 436 cm³/mol. The SMILES string of the molecule is CCOC(SCC)[C@@H]1CCCN1C(=O)c1cc(OC)c(OCCCOc2cc(NC(=O)OCc3cccc([N+](=O)[O-])c3OC3O[C@H](COC(C)=O)[C@H](OC(C)=O)[C@H](OC(C)=O)[C@H]3OC(C)=O)c(C(=O)N3CCC[C@H]3C(OCC)SCC)cc2OC)cc1NC(=O)OCc1cccc([N+](=O)[O-])c1OC1O[C@H](COC(C)=O)[C@H](OC(C)=O)[C@H](OC(C)=O)[C@H]1OC(C)=O. The lowest BCUT2D eigenvalue weighted by Gasteiger charge is -2.43. The van der Waals surface area contributed by atoms with E-state index in [-0.39, 0.29) is 89.4 Å². The summed E-state index contributed by atoms with van der Waals surface area (Å²) in [4.78, 5) is 186. The lowest BCUT2D eigenvalue weighted by molar-refractivity contribution is -0.387. The molecular weight excluding hydrogens is 1700 g/mol. The first-order valence-corrected chi connectivity index (χ1v) is 41.9. The van der Waals surface area contributed by atoms with Crippen molar-refractivity contribution in [2.45, 2.75) is 213 Å². The average molecular weight is 1800 g/mol. The summed E-state index contributed by atoms with van der Waals surface area (Å²) in [6, 6.07) is 11.5. The number of benzene rings is 4. The van der Waals surface area contributed by atoms with Gasteiger partial charge in [-0.3, -0.25) is 78.8 Å². The van der Waals surface area contributed by atoms with Gasteiger partial charge >= 0.3 is 71.3 Å². The van der Waals surface area contributed by atoms with Gasteiger partial charge in [0.2, 0.25) is 36.3 Å². The normalized spacial score (nSPS) is 21.2. The number of likely N-dealkylation sites (tertiary alicyclic amines) is 2. The Labute approximate surface area is 726 Å². The molecule has 4 aromatic carbocycles. The molecule has 4 fully saturated rings. The molecule has 2 N–H and O–H groups in total. The van der Waals surface area contributed by atoms with E-state index < -0.39 is 215 Å². The Bertz CT molecular complexity index is 4250. The monoisotopic (exact) mass is 1800 g/mol. The van der Waals surface area contributed by atoms with E-state index in [9.17, 15) is 68.2 Å². The second kappa shape index (κ2) is 47.4. The van der Waals surface area contributed by atoms with Crippen molar-refractivity contribution in [3.8, 4) is 34.5 Å². The molecule has 0 spiro atoms. The molecule has 4 saturated heterocycles. The molecule has 0 radical (unpaired) electrons. The molecule has 4 aromatic rings. The molecule has 14 atom stereocenters. The van der Waals surface area contributed by atoms with Crippen LogP contribution in [0, 0.1) is 20.2 Å². The molecule has 125 heavy (non-hydrogen) atoms. The largest absolute Gasteiger partial charge is 0.493 e. The van der Waals surface area contributed by atoms with Crippen LogP contribution in [0.3, 0.4) is 0 Å². The molecule has 0 aliphatic carbocycles. The summed E-state index contributed by atoms with van der Waals surface area (Å²) in [5, 5.41) is 30.9. The smallest absolute Gasteiger partial charge is 0.411 e. The first-order valence-electron chi connectivity index (χ1n) is 39.8. The second-order valence-electron chi connectivity index (χ2n) is 27.9. The van der Waals surface area contributed by atoms with Crippen molar-refractivity contribution >= 4 is 118 Å². The van der Waals surface area contributed by atoms with E-state index in [1.807, 2.05) is 27.7 Å². The van der Waals surface area contributed by atoms with Crippen LogP contribution in [0.1, 0.15) is 147 Å². The number of carbonyl (C=O) groups is 12. The van der Waals surface area contributed by atoms with Crippen molar-refractivity contribution in [3.05, 3.63) is 103 Å². The van der Waals surface area contributed by atoms with Crippen LogP contribution in [0.5, 0.6) is 34.5 Å². The van der Waals surface area contributed by atoms with Gasteiger partial charge in [-0.25, -0.2) is 9.59 Å². The molecule has 4 unspecified atom stereocenters. The maximum Gasteiger partial charge on any atom is 0.411 e. The van der Waals surface area contributed by atoms with E-state index in [1.54, 1.807) is 9.80 Å². The Morgan fingerprint density at radius 3 is 1.14 bits per heavy atom. The number of methoxy groups -OCH3 is 2. The van der Waals surface area contributed by atoms with Gasteiger partial charge in [0.05, 0.1) is 71.9 Å². The highest BCUT2D eigenvalue weighted by Crippen LogP contribution is 2.44. The number of ether oxygens (including phenoxy) is 20. The van der Waals surface area contributed by atoms with Crippen LogP contribution in [0.4, 0.5) is 32.3 Å². The predicted octanol–water partition coefficient (Wildman–Crippen LogP) is 9.23. The Morgan fingerprint density at radius 1 is 0.472 bits per heavy atom. The Balaban J connectivity index is 1.09. The summed E-state index contributed by atoms with van der Waals surface area (Å²) in [5.41, 5.74) is -3.39. The lowest BCUT2D eigenvalue weighted by atomic mass is 9.98. The van der Waals surface area contributed by atoms with Gasteiger partial charge in [-0.1, -0.05) is 38.1 Å². The third-order valence-corrected chi connectivity index (χ3v) is 21.3. The fraction of sp³-hybridized carbons (Fsp3) is 0.556. The fourth-order valence-electron chi connectivity index (χ4n) is 14.1. The van der Waals surface area contributed by atoms with Crippen LogP contribution in [0.15, 0.2) is 60.7 Å². The third kappa shape index (κ3) is 27.1. The zero-order valence-electron chi connectivity index (χ0n) is 71.2. The highest BCUT2D eigenvalue weighted by atomic mass is 32.2. The van der Waals surface area contributed by atoms with Crippen LogP contribution in [-0.2, 0) is 118 Å². The van der Waals surface area contributed by atoms with E-state index in [0.29, 0.717) is 50.4 Å². The first kappa shape index (κ1) is 98.7. The topological polar surface area (TPSA) is 506 Å². The second-order valence-corrected chi connectivity index (χ2v) is 30.7. The van der Waals surface area contributed by atoms with Crippen molar-refractivity contribution < 1.29 is 162 Å². The van der Waals surface area contributed by atoms with E-state index in [0.717, 1.165) is 67.5 Å². The highest BCUT2D eigenvalue weighted by molar-refractivity contribution is 8.00. The van der Waals surface area contributed by atoms with E-state index >= 15 is 9.59 Å². The van der Waals surface area contributed by atoms with Gasteiger partial charge in [-0.2, -0.15) is 0 Å². The quantitative estimate of drug-likeness (QED) is 0.0104. The molecule has 0 aromatic heterocycles. The van der Waals surface area contributed by atoms with Gasteiger partial charge in [0.1, 0.15) is 49.5 Å². The number of carbonyl (C=O) groups excluding carboxylic acids is 12. The molecule has 4 aliphatic heterocycles. The summed E-state index contributed by atoms with van der Waals surface area (Å²) in [5.74, 6) is -8.63. The number of amides is 4. The van der Waals surface area contributed by atoms with Gasteiger partial charge < -0.3 is 105 Å². The van der Waals surface area contributed by atoms with Crippen molar-refractivity contribution in [3.63, 3.8) is 0 Å². The Hall–Kier alpha value is -11.7. The van der Waals surface area contributed by atoms with Gasteiger partial charge in [-0.05, 0) is 63.2 Å². The van der Waals surface area contributed by atoms with Gasteiger partial charge in [0.25, 0.3) is 11.8 Å². The van der Waals surface area contributed by atoms with Gasteiger partial charge in [-0.15, -0.1) is 23.5 Å². The molecule has 0 saturated carbocycles. The van der Waals surface area contributed by atoms with Gasteiger partial charge in [0, 0.05) is 124 Å². The van der Waals surface area contributed by atoms with Crippen LogP contribution in [-0.4, -0.2) is 254 Å². The standard InChI is InChI=1S/C81H102N6O36S2/c1-15-106-78(124-17-3)58-28-21-30-84(58)74(96)52-34-60(104-13)62(36-54(52)82-80(98)112-38-50-24-19-26-56(86(100)101)66(50)122-76-72(118-48(11)94)70(116-46(9)92)68(114-44(7)90)64(120-76)40-110-42(5)88)108-32-23-33-109-63-37-55(53(35-61(63)105-14)75(97)85-31-22-29-59(85)79(107-16-2)125-18-4)83-81(99)113-39-51-25-20-27-57(87(102)103)67(51)123-77-73(119-49(12)95)71(117-47(10)93)69(115-45(8)91)65(121-77)41-111-43(6)89/h19-20,24-27,34-37,58-59,64-65,68-73,76-79H,15-18,21-23,28-33,38-41H2,1-14H3,(H,82,98)(H,83,99)/t58-,59-,64+,65+,68-,69-,70-,71-,72+,73+,76?,77?,78?,79?/m0/s1. The third-order valence-electron chi connectivity index (χ3n) is 19.0. The molecule has 8 rings (SSSR count). The zero-order chi connectivity index (χ0) is 91.5. The van der Waals surface area contributed by atoms with Crippen molar-refractivity contribution in [1.29, 1.82) is 0 Å². The maximum absolute atomic E-state index is 15.1. The number of hydrogen-bond acceptors (Lipinski definition) is 38. The van der Waals surface area contributed by atoms with Crippen molar-refractivity contribution in [2.24, 2.45) is 0 Å². The minimum atomic E-state index is -1.98. The number of nitrogens with zero attached hydrogens (tertiary/aromatic N) is 4. The maximum atomic E-state index is 15.1. The van der Waals surface area contributed by atoms with E-state index in [2.05, 4.69) is 10.6 Å². The molecule has 44 heteroatoms. The molecule has 4 amide bonds. The molecule has 4 aliphatic rings. The summed E-state index contributed by atoms with van der Waals surface area (Å²) in [7, 11) is 2.63. The van der Waals surface area contributed by atoms with Gasteiger partial charge in [0.15, 0.2) is 47.4 Å². The molecule has 42 nitrogen and oxygen atoms in total. The first-order chi connectivity index (χ1) is 59.6. The van der Waals surface area contributed by atoms with Crippen LogP contribution in [0.25, 0.3) is 0 Å². The summed E-state index contributed by atoms with van der Waals surface area (Å²) >= 11 is 3.00. The fourth-order valence-corrected chi connectivity index (χ4v) is 16.3. The van der Waals surface area contributed by atoms with Crippen LogP contribution >= 0.6 is 23.5 Å². The number of anilines is 2. The zero-order valence-corrected chi connectivity index (χ0v) is 72.8.